The first-order chi connectivity index (χ1) is 12.5. The van der Waals surface area contributed by atoms with Gasteiger partial charge >= 0.3 is 0 Å². The molecule has 0 unspecified atom stereocenters. The summed E-state index contributed by atoms with van der Waals surface area (Å²) in [6.07, 6.45) is 3.31. The number of thiazole rings is 1. The molecule has 0 bridgehead atoms. The highest BCUT2D eigenvalue weighted by Crippen LogP contribution is 2.31. The maximum Gasteiger partial charge on any atom is 0.264 e. The second kappa shape index (κ2) is 7.81. The molecule has 1 aliphatic heterocycles. The van der Waals surface area contributed by atoms with Crippen LogP contribution in [-0.4, -0.2) is 27.1 Å². The van der Waals surface area contributed by atoms with Crippen molar-refractivity contribution in [1.29, 1.82) is 0 Å². The van der Waals surface area contributed by atoms with Gasteiger partial charge in [0.25, 0.3) is 5.91 Å². The summed E-state index contributed by atoms with van der Waals surface area (Å²) in [6, 6.07) is 5.48. The monoisotopic (exact) mass is 388 g/mol. The molecule has 2 heterocycles. The van der Waals surface area contributed by atoms with Crippen molar-refractivity contribution in [3.8, 4) is 0 Å². The lowest BCUT2D eigenvalue weighted by molar-refractivity contribution is -0.115. The van der Waals surface area contributed by atoms with Gasteiger partial charge in [0.05, 0.1) is 22.1 Å². The van der Waals surface area contributed by atoms with Crippen LogP contribution in [0.15, 0.2) is 34.3 Å². The number of amides is 2. The van der Waals surface area contributed by atoms with Gasteiger partial charge in [-0.1, -0.05) is 23.5 Å². The zero-order valence-electron chi connectivity index (χ0n) is 14.1. The Balaban J connectivity index is 1.80. The number of aliphatic imine (C=N–C) groups is 1. The van der Waals surface area contributed by atoms with Crippen LogP contribution in [0.25, 0.3) is 6.08 Å². The molecular formula is C17H16N4O3S2. The maximum absolute atomic E-state index is 12.2. The number of anilines is 1. The SMILES string of the molecule is CC(=O)Nc1ncc(/C=C2\S/C(=N\c3cccc(CO)c3C)NC2=O)s1. The number of nitrogens with one attached hydrogen (secondary N) is 2. The van der Waals surface area contributed by atoms with E-state index in [1.165, 1.54) is 30.0 Å². The van der Waals surface area contributed by atoms with E-state index in [9.17, 15) is 14.7 Å². The summed E-state index contributed by atoms with van der Waals surface area (Å²) < 4.78 is 0. The number of rotatable bonds is 4. The highest BCUT2D eigenvalue weighted by molar-refractivity contribution is 8.18. The van der Waals surface area contributed by atoms with Crippen LogP contribution in [0.3, 0.4) is 0 Å². The molecule has 1 aliphatic rings. The van der Waals surface area contributed by atoms with Gasteiger partial charge < -0.3 is 15.7 Å². The third-order valence-corrected chi connectivity index (χ3v) is 5.31. The minimum absolute atomic E-state index is 0.0583. The van der Waals surface area contributed by atoms with E-state index in [1.807, 2.05) is 25.1 Å². The first-order valence-corrected chi connectivity index (χ1v) is 9.32. The Labute approximate surface area is 158 Å². The molecule has 7 nitrogen and oxygen atoms in total. The van der Waals surface area contributed by atoms with Crippen molar-refractivity contribution in [3.63, 3.8) is 0 Å². The molecule has 0 saturated carbocycles. The van der Waals surface area contributed by atoms with E-state index in [2.05, 4.69) is 20.6 Å². The largest absolute Gasteiger partial charge is 0.392 e. The number of nitrogens with zero attached hydrogens (tertiary/aromatic N) is 2. The minimum Gasteiger partial charge on any atom is -0.392 e. The number of aliphatic hydroxyl groups is 1. The molecule has 0 atom stereocenters. The summed E-state index contributed by atoms with van der Waals surface area (Å²) in [7, 11) is 0. The van der Waals surface area contributed by atoms with Gasteiger partial charge in [0.2, 0.25) is 5.91 Å². The summed E-state index contributed by atoms with van der Waals surface area (Å²) in [6.45, 7) is 3.23. The number of thioether (sulfide) groups is 1. The molecular weight excluding hydrogens is 372 g/mol. The number of carbonyl (C=O) groups excluding carboxylic acids is 2. The lowest BCUT2D eigenvalue weighted by Crippen LogP contribution is -2.19. The van der Waals surface area contributed by atoms with E-state index < -0.39 is 0 Å². The van der Waals surface area contributed by atoms with Crippen molar-refractivity contribution in [2.75, 3.05) is 5.32 Å². The van der Waals surface area contributed by atoms with Crippen molar-refractivity contribution >= 4 is 57.0 Å². The highest BCUT2D eigenvalue weighted by Gasteiger charge is 2.24. The Bertz CT molecular complexity index is 934. The molecule has 0 radical (unpaired) electrons. The maximum atomic E-state index is 12.2. The summed E-state index contributed by atoms with van der Waals surface area (Å²) in [5, 5.41) is 15.6. The van der Waals surface area contributed by atoms with Gasteiger partial charge in [-0.25, -0.2) is 9.98 Å². The summed E-state index contributed by atoms with van der Waals surface area (Å²) in [5.41, 5.74) is 2.37. The summed E-state index contributed by atoms with van der Waals surface area (Å²) >= 11 is 2.52. The lowest BCUT2D eigenvalue weighted by atomic mass is 10.1. The Morgan fingerprint density at radius 2 is 2.27 bits per heavy atom. The van der Waals surface area contributed by atoms with Crippen LogP contribution in [0.5, 0.6) is 0 Å². The van der Waals surface area contributed by atoms with Gasteiger partial charge in [0, 0.05) is 13.1 Å². The molecule has 26 heavy (non-hydrogen) atoms. The minimum atomic E-state index is -0.237. The zero-order valence-corrected chi connectivity index (χ0v) is 15.7. The van der Waals surface area contributed by atoms with E-state index in [1.54, 1.807) is 12.3 Å². The van der Waals surface area contributed by atoms with E-state index >= 15 is 0 Å². The quantitative estimate of drug-likeness (QED) is 0.699. The fourth-order valence-electron chi connectivity index (χ4n) is 2.24. The fraction of sp³-hybridized carbons (Fsp3) is 0.176. The molecule has 3 N–H and O–H groups in total. The van der Waals surface area contributed by atoms with E-state index in [-0.39, 0.29) is 18.4 Å². The Hall–Kier alpha value is -2.49. The van der Waals surface area contributed by atoms with E-state index in [0.717, 1.165) is 16.0 Å². The van der Waals surface area contributed by atoms with Crippen LogP contribution in [0.1, 0.15) is 22.9 Å². The van der Waals surface area contributed by atoms with Crippen LogP contribution >= 0.6 is 23.1 Å². The molecule has 1 aromatic carbocycles. The molecule has 1 saturated heterocycles. The second-order valence-corrected chi connectivity index (χ2v) is 7.54. The number of hydrogen-bond donors (Lipinski definition) is 3. The Morgan fingerprint density at radius 3 is 3.00 bits per heavy atom. The molecule has 2 amide bonds. The normalized spacial score (nSPS) is 17.0. The standard InChI is InChI=1S/C17H16N4O3S2/c1-9-11(8-22)4-3-5-13(9)20-17-21-15(24)14(26-17)6-12-7-18-16(25-12)19-10(2)23/h3-7,22H,8H2,1-2H3,(H,18,19,23)(H,20,21,24)/b14-6-. The van der Waals surface area contributed by atoms with Gasteiger partial charge in [-0.05, 0) is 42.0 Å². The number of amidine groups is 1. The molecule has 9 heteroatoms. The Morgan fingerprint density at radius 1 is 1.46 bits per heavy atom. The topological polar surface area (TPSA) is 104 Å². The molecule has 1 fully saturated rings. The molecule has 0 aliphatic carbocycles. The van der Waals surface area contributed by atoms with Gasteiger partial charge in [0.15, 0.2) is 10.3 Å². The van der Waals surface area contributed by atoms with Crippen LogP contribution in [0.4, 0.5) is 10.8 Å². The number of aliphatic hydroxyl groups excluding tert-OH is 1. The number of carbonyl (C=O) groups is 2. The third-order valence-electron chi connectivity index (χ3n) is 3.54. The first-order valence-electron chi connectivity index (χ1n) is 7.68. The van der Waals surface area contributed by atoms with Gasteiger partial charge in [-0.3, -0.25) is 9.59 Å². The fourth-order valence-corrected chi connectivity index (χ4v) is 3.95. The zero-order chi connectivity index (χ0) is 18.7. The smallest absolute Gasteiger partial charge is 0.264 e. The number of hydrogen-bond acceptors (Lipinski definition) is 7. The van der Waals surface area contributed by atoms with E-state index in [4.69, 9.17) is 0 Å². The molecule has 2 aromatic rings. The van der Waals surface area contributed by atoms with Crippen molar-refractivity contribution in [1.82, 2.24) is 10.3 Å². The average molecular weight is 388 g/mol. The first kappa shape index (κ1) is 18.3. The summed E-state index contributed by atoms with van der Waals surface area (Å²) in [5.74, 6) is -0.430. The van der Waals surface area contributed by atoms with Gasteiger partial charge in [-0.15, -0.1) is 0 Å². The predicted octanol–water partition coefficient (Wildman–Crippen LogP) is 2.79. The van der Waals surface area contributed by atoms with Crippen molar-refractivity contribution in [3.05, 3.63) is 45.3 Å². The van der Waals surface area contributed by atoms with Gasteiger partial charge in [0.1, 0.15) is 0 Å². The number of benzene rings is 1. The van der Waals surface area contributed by atoms with Crippen LogP contribution in [0, 0.1) is 6.92 Å². The molecule has 3 rings (SSSR count). The van der Waals surface area contributed by atoms with Crippen molar-refractivity contribution in [2.24, 2.45) is 4.99 Å². The molecule has 1 aromatic heterocycles. The highest BCUT2D eigenvalue weighted by atomic mass is 32.2. The van der Waals surface area contributed by atoms with Crippen LogP contribution in [0.2, 0.25) is 0 Å². The second-order valence-electron chi connectivity index (χ2n) is 5.45. The number of aromatic nitrogens is 1. The predicted molar refractivity (Wildman–Crippen MR) is 104 cm³/mol. The van der Waals surface area contributed by atoms with Gasteiger partial charge in [-0.2, -0.15) is 0 Å². The molecule has 0 spiro atoms. The summed E-state index contributed by atoms with van der Waals surface area (Å²) in [4.78, 5) is 33.0. The molecule has 134 valence electrons. The Kier molecular flexibility index (Phi) is 5.50. The van der Waals surface area contributed by atoms with Crippen LogP contribution in [-0.2, 0) is 16.2 Å². The van der Waals surface area contributed by atoms with Crippen molar-refractivity contribution < 1.29 is 14.7 Å². The van der Waals surface area contributed by atoms with Crippen molar-refractivity contribution in [2.45, 2.75) is 20.5 Å². The van der Waals surface area contributed by atoms with Crippen LogP contribution < -0.4 is 10.6 Å². The third kappa shape index (κ3) is 4.18. The lowest BCUT2D eigenvalue weighted by Gasteiger charge is -2.05. The van der Waals surface area contributed by atoms with E-state index in [0.29, 0.717) is 20.9 Å². The average Bonchev–Trinajstić information content (AvgIpc) is 3.16.